The Morgan fingerprint density at radius 2 is 0.891 bits per heavy atom. The normalized spacial score (nSPS) is 13.4. The van der Waals surface area contributed by atoms with Crippen molar-refractivity contribution < 1.29 is 67.7 Å². The van der Waals surface area contributed by atoms with E-state index in [0.29, 0.717) is 47.9 Å². The van der Waals surface area contributed by atoms with Crippen LogP contribution in [0.25, 0.3) is 44.6 Å². The number of ether oxygens (including phenoxy) is 3. The van der Waals surface area contributed by atoms with Gasteiger partial charge in [0.25, 0.3) is 0 Å². The van der Waals surface area contributed by atoms with E-state index in [-0.39, 0.29) is 117 Å². The first-order chi connectivity index (χ1) is 48.7. The molecule has 101 heavy (non-hydrogen) atoms. The SMILES string of the molecule is Cn1cc(C#Cc2cnc(COc3cccc(-c4cc(F)c(Cc5nc6c(F)cc(C(=O)OC(=O)c7cc(F)c8nc(Cc9cc(F)c(-c%10cccc(OCc%11ncc(C#Cc%12cnn(C)c%12)cc%11F)n%10)cc9F)n(CC9(CF)CC9)c8c7)cc6n5CC5(CF)CC5)cc4F)n3)c(F)c2)cn1. The molecular weight excluding hydrogens is 1330 g/mol. The van der Waals surface area contributed by atoms with E-state index in [1.54, 1.807) is 48.2 Å². The lowest BCUT2D eigenvalue weighted by Gasteiger charge is -2.16. The van der Waals surface area contributed by atoms with Gasteiger partial charge in [-0.2, -0.15) is 10.2 Å². The molecule has 2 aliphatic carbocycles. The monoisotopic (exact) mass is 1380 g/mol. The van der Waals surface area contributed by atoms with Gasteiger partial charge in [-0.1, -0.05) is 35.8 Å². The van der Waals surface area contributed by atoms with Crippen LogP contribution in [0.2, 0.25) is 0 Å². The number of halogens is 10. The van der Waals surface area contributed by atoms with Gasteiger partial charge in [-0.3, -0.25) is 28.1 Å². The van der Waals surface area contributed by atoms with Crippen molar-refractivity contribution in [3.05, 3.63) is 248 Å². The summed E-state index contributed by atoms with van der Waals surface area (Å²) >= 11 is 0. The van der Waals surface area contributed by atoms with Gasteiger partial charge in [-0.05, 0) is 110 Å². The standard InChI is InChI=1S/C74H52F10N12O5/c1-93-33-43(31-87-93)11-9-41-17-55(81)61(85-29-41)35-99-67-7-3-5-59(89-67)49-27-51(77)45(19-53(49)79)25-65-91-69-57(83)21-47(23-63(69)95(65)39-73(37-75)13-14-73)71(97)101-72(98)48-22-58(84)70-64(24-48)96(40-74(38-76)15-16-74)66(92-70)26-46-20-54(80)50(28-52(46)78)60-6-4-8-68(90-60)100-36-62-56(82)18-42(30-86-62)10-12-44-32-88-94(2)34-44/h3-8,17-24,27-34H,13-16,25-26,35-40H2,1-2H3. The van der Waals surface area contributed by atoms with Crippen LogP contribution in [-0.4, -0.2) is 83.9 Å². The van der Waals surface area contributed by atoms with E-state index in [0.717, 1.165) is 48.5 Å². The first-order valence-electron chi connectivity index (χ1n) is 31.4. The number of nitrogens with zero attached hydrogens (tertiary/aromatic N) is 12. The molecule has 0 atom stereocenters. The molecule has 17 nitrogen and oxygen atoms in total. The Balaban J connectivity index is 0.675. The number of carbonyl (C=O) groups excluding carboxylic acids is 2. The van der Waals surface area contributed by atoms with Crippen LogP contribution in [0.15, 0.2) is 134 Å². The summed E-state index contributed by atoms with van der Waals surface area (Å²) in [5.74, 6) is 1.01. The minimum atomic E-state index is -1.41. The molecule has 8 heterocycles. The first kappa shape index (κ1) is 66.2. The lowest BCUT2D eigenvalue weighted by molar-refractivity contribution is 0.0397. The molecule has 0 spiro atoms. The van der Waals surface area contributed by atoms with E-state index in [9.17, 15) is 18.4 Å². The summed E-state index contributed by atoms with van der Waals surface area (Å²) < 4.78 is 180. The van der Waals surface area contributed by atoms with Gasteiger partial charge >= 0.3 is 11.9 Å². The first-order valence-corrected chi connectivity index (χ1v) is 31.4. The maximum Gasteiger partial charge on any atom is 0.346 e. The number of aryl methyl sites for hydroxylation is 2. The van der Waals surface area contributed by atoms with Crippen LogP contribution in [0.3, 0.4) is 0 Å². The molecule has 0 N–H and O–H groups in total. The summed E-state index contributed by atoms with van der Waals surface area (Å²) in [4.78, 5) is 53.6. The molecule has 0 unspecified atom stereocenters. The highest BCUT2D eigenvalue weighted by Crippen LogP contribution is 2.50. The van der Waals surface area contributed by atoms with Crippen LogP contribution >= 0.6 is 0 Å². The summed E-state index contributed by atoms with van der Waals surface area (Å²) in [5, 5.41) is 8.08. The number of alkyl halides is 2. The number of pyridine rings is 4. The highest BCUT2D eigenvalue weighted by molar-refractivity contribution is 6.05. The number of hydrogen-bond donors (Lipinski definition) is 0. The predicted molar refractivity (Wildman–Crippen MR) is 345 cm³/mol. The largest absolute Gasteiger partial charge is 0.471 e. The van der Waals surface area contributed by atoms with Crippen LogP contribution in [-0.2, 0) is 58.0 Å². The Hall–Kier alpha value is -12.0. The van der Waals surface area contributed by atoms with Crippen molar-refractivity contribution in [3.63, 3.8) is 0 Å². The average molecular weight is 1380 g/mol. The molecular formula is C74H52F10N12O5. The van der Waals surface area contributed by atoms with Crippen LogP contribution in [0.5, 0.6) is 11.8 Å². The second kappa shape index (κ2) is 27.0. The minimum absolute atomic E-state index is 0.0393. The zero-order valence-electron chi connectivity index (χ0n) is 53.4. The van der Waals surface area contributed by atoms with E-state index in [1.165, 1.54) is 70.1 Å². The molecule has 2 fully saturated rings. The molecule has 27 heteroatoms. The predicted octanol–water partition coefficient (Wildman–Crippen LogP) is 13.5. The van der Waals surface area contributed by atoms with E-state index >= 15 is 35.1 Å². The van der Waals surface area contributed by atoms with Crippen LogP contribution in [0.1, 0.15) is 103 Å². The van der Waals surface area contributed by atoms with Crippen molar-refractivity contribution in [1.29, 1.82) is 0 Å². The average Bonchev–Trinajstić information content (AvgIpc) is 1.61. The summed E-state index contributed by atoms with van der Waals surface area (Å²) in [7, 11) is 3.47. The van der Waals surface area contributed by atoms with Gasteiger partial charge < -0.3 is 23.3 Å². The fraction of sp³-hybridized carbons (Fsp3) is 0.216. The molecule has 8 aromatic heterocycles. The Labute approximate surface area is 567 Å². The summed E-state index contributed by atoms with van der Waals surface area (Å²) in [6, 6.07) is 18.3. The van der Waals surface area contributed by atoms with Gasteiger partial charge in [0.15, 0.2) is 11.6 Å². The fourth-order valence-corrected chi connectivity index (χ4v) is 11.5. The number of esters is 2. The Kier molecular flexibility index (Phi) is 17.7. The number of benzene rings is 4. The van der Waals surface area contributed by atoms with Gasteiger partial charge in [0.1, 0.15) is 82.2 Å². The van der Waals surface area contributed by atoms with E-state index in [1.807, 2.05) is 0 Å². The van der Waals surface area contributed by atoms with Gasteiger partial charge in [0, 0.05) is 110 Å². The van der Waals surface area contributed by atoms with Gasteiger partial charge in [0.05, 0.1) is 70.4 Å². The molecule has 0 radical (unpaired) electrons. The summed E-state index contributed by atoms with van der Waals surface area (Å²) in [6.07, 6.45) is 9.96. The fourth-order valence-electron chi connectivity index (χ4n) is 11.5. The molecule has 4 aromatic carbocycles. The molecule has 14 rings (SSSR count). The number of aromatic nitrogens is 12. The molecule has 508 valence electrons. The number of fused-ring (bicyclic) bond motifs is 2. The third-order valence-electron chi connectivity index (χ3n) is 17.5. The minimum Gasteiger partial charge on any atom is -0.471 e. The third-order valence-corrected chi connectivity index (χ3v) is 17.5. The number of rotatable bonds is 20. The molecule has 2 aliphatic rings. The maximum atomic E-state index is 16.3. The zero-order valence-corrected chi connectivity index (χ0v) is 53.4. The quantitative estimate of drug-likeness (QED) is 0.0304. The van der Waals surface area contributed by atoms with Crippen molar-refractivity contribution in [2.75, 3.05) is 13.3 Å². The lowest BCUT2D eigenvalue weighted by Crippen LogP contribution is -2.17. The van der Waals surface area contributed by atoms with Crippen molar-refractivity contribution in [2.24, 2.45) is 24.9 Å². The molecule has 0 aliphatic heterocycles. The third kappa shape index (κ3) is 14.2. The van der Waals surface area contributed by atoms with Crippen molar-refractivity contribution in [2.45, 2.75) is 64.8 Å². The Bertz CT molecular complexity index is 5130. The zero-order chi connectivity index (χ0) is 70.4. The van der Waals surface area contributed by atoms with Crippen LogP contribution in [0, 0.1) is 81.0 Å². The number of hydrogen-bond acceptors (Lipinski definition) is 13. The molecule has 0 amide bonds. The molecule has 12 aromatic rings. The number of imidazole rings is 2. The van der Waals surface area contributed by atoms with Crippen molar-refractivity contribution in [1.82, 2.24) is 58.6 Å². The van der Waals surface area contributed by atoms with Gasteiger partial charge in [-0.25, -0.2) is 64.6 Å². The summed E-state index contributed by atoms with van der Waals surface area (Å²) in [6.45, 7) is -2.62. The summed E-state index contributed by atoms with van der Waals surface area (Å²) in [5.41, 5.74) is -3.20. The van der Waals surface area contributed by atoms with E-state index in [2.05, 4.69) is 63.8 Å². The van der Waals surface area contributed by atoms with Crippen molar-refractivity contribution >= 4 is 34.0 Å². The smallest absolute Gasteiger partial charge is 0.346 e. The van der Waals surface area contributed by atoms with E-state index in [4.69, 9.17) is 14.2 Å². The highest BCUT2D eigenvalue weighted by Gasteiger charge is 2.45. The van der Waals surface area contributed by atoms with Gasteiger partial charge in [-0.15, -0.1) is 0 Å². The number of carbonyl (C=O) groups is 2. The Morgan fingerprint density at radius 3 is 1.27 bits per heavy atom. The topological polar surface area (TPSA) is 185 Å². The van der Waals surface area contributed by atoms with Gasteiger partial charge in [0.2, 0.25) is 11.8 Å². The Morgan fingerprint density at radius 1 is 0.475 bits per heavy atom. The molecule has 0 bridgehead atoms. The highest BCUT2D eigenvalue weighted by atomic mass is 19.2. The molecule has 0 saturated heterocycles. The van der Waals surface area contributed by atoms with Crippen molar-refractivity contribution in [3.8, 4) is 58.0 Å². The van der Waals surface area contributed by atoms with E-state index < -0.39 is 107 Å². The van der Waals surface area contributed by atoms with Crippen LogP contribution < -0.4 is 9.47 Å². The van der Waals surface area contributed by atoms with Crippen LogP contribution in [0.4, 0.5) is 43.9 Å². The maximum absolute atomic E-state index is 16.3. The molecule has 2 saturated carbocycles. The second-order valence-electron chi connectivity index (χ2n) is 24.9. The second-order valence-corrected chi connectivity index (χ2v) is 24.9. The lowest BCUT2D eigenvalue weighted by atomic mass is 10.0.